The fourth-order valence-corrected chi connectivity index (χ4v) is 2.72. The van der Waals surface area contributed by atoms with E-state index >= 15 is 0 Å². The molecule has 1 fully saturated rings. The third-order valence-electron chi connectivity index (χ3n) is 4.20. The second-order valence-corrected chi connectivity index (χ2v) is 6.24. The third-order valence-corrected chi connectivity index (χ3v) is 4.20. The van der Waals surface area contributed by atoms with E-state index < -0.39 is 0 Å². The first kappa shape index (κ1) is 19.6. The lowest BCUT2D eigenvalue weighted by molar-refractivity contribution is 0.0389. The molecule has 25 heavy (non-hydrogen) atoms. The van der Waals surface area contributed by atoms with Crippen LogP contribution in [0.3, 0.4) is 0 Å². The van der Waals surface area contributed by atoms with Crippen molar-refractivity contribution >= 4 is 5.96 Å². The van der Waals surface area contributed by atoms with Crippen LogP contribution in [0.15, 0.2) is 29.3 Å². The summed E-state index contributed by atoms with van der Waals surface area (Å²) in [5.74, 6) is 0.628. The van der Waals surface area contributed by atoms with Crippen LogP contribution in [-0.2, 0) is 11.3 Å². The van der Waals surface area contributed by atoms with Crippen LogP contribution in [0.5, 0.6) is 0 Å². The first-order valence-electron chi connectivity index (χ1n) is 8.85. The number of guanidine groups is 1. The number of nitrogens with zero attached hydrogens (tertiary/aromatic N) is 3. The molecule has 0 amide bonds. The molecule has 0 aliphatic carbocycles. The van der Waals surface area contributed by atoms with Gasteiger partial charge in [-0.3, -0.25) is 9.89 Å². The Labute approximate surface area is 150 Å². The maximum Gasteiger partial charge on any atom is 0.191 e. The van der Waals surface area contributed by atoms with Crippen molar-refractivity contribution in [3.63, 3.8) is 0 Å². The summed E-state index contributed by atoms with van der Waals surface area (Å²) in [7, 11) is 3.84. The summed E-state index contributed by atoms with van der Waals surface area (Å²) in [6.45, 7) is 7.99. The number of aliphatic imine (C=N–C) groups is 1. The molecule has 7 heteroatoms. The average molecular weight is 351 g/mol. The van der Waals surface area contributed by atoms with E-state index in [2.05, 4.69) is 32.5 Å². The van der Waals surface area contributed by atoms with Gasteiger partial charge in [0, 0.05) is 52.9 Å². The Morgan fingerprint density at radius 3 is 2.56 bits per heavy atom. The Balaban J connectivity index is 1.58. The molecule has 0 spiro atoms. The zero-order valence-electron chi connectivity index (χ0n) is 15.3. The Morgan fingerprint density at radius 1 is 1.20 bits per heavy atom. The fraction of sp³-hybridized carbons (Fsp3) is 0.611. The fourth-order valence-electron chi connectivity index (χ4n) is 2.72. The average Bonchev–Trinajstić information content (AvgIpc) is 2.63. The van der Waals surface area contributed by atoms with Crippen LogP contribution in [0.4, 0.5) is 4.39 Å². The van der Waals surface area contributed by atoms with Crippen molar-refractivity contribution < 1.29 is 9.13 Å². The maximum atomic E-state index is 12.9. The Hall–Kier alpha value is -1.70. The van der Waals surface area contributed by atoms with Gasteiger partial charge in [-0.1, -0.05) is 12.1 Å². The molecule has 1 aliphatic rings. The highest BCUT2D eigenvalue weighted by molar-refractivity contribution is 5.79. The number of ether oxygens (including phenoxy) is 1. The van der Waals surface area contributed by atoms with Crippen molar-refractivity contribution in [3.8, 4) is 0 Å². The van der Waals surface area contributed by atoms with Gasteiger partial charge in [0.05, 0.1) is 13.2 Å². The van der Waals surface area contributed by atoms with Gasteiger partial charge in [0.25, 0.3) is 0 Å². The summed E-state index contributed by atoms with van der Waals surface area (Å²) >= 11 is 0. The Bertz CT molecular complexity index is 517. The van der Waals surface area contributed by atoms with Crippen molar-refractivity contribution in [2.45, 2.75) is 6.54 Å². The second kappa shape index (κ2) is 11.0. The molecular formula is C18H30FN5O. The highest BCUT2D eigenvalue weighted by Crippen LogP contribution is 2.05. The van der Waals surface area contributed by atoms with Gasteiger partial charge in [0.1, 0.15) is 5.82 Å². The molecule has 140 valence electrons. The number of halogens is 1. The molecule has 0 aromatic heterocycles. The Morgan fingerprint density at radius 2 is 1.88 bits per heavy atom. The van der Waals surface area contributed by atoms with Gasteiger partial charge in [-0.25, -0.2) is 4.39 Å². The predicted octanol–water partition coefficient (Wildman–Crippen LogP) is 0.755. The standard InChI is InChI=1S/C18H30FN5O/c1-20-18(22-8-10-24-11-13-25-14-12-24)21-7-9-23(2)15-16-3-5-17(19)6-4-16/h3-6H,7-15H2,1-2H3,(H2,20,21,22). The van der Waals surface area contributed by atoms with E-state index in [4.69, 9.17) is 4.74 Å². The lowest BCUT2D eigenvalue weighted by Gasteiger charge is -2.26. The van der Waals surface area contributed by atoms with Gasteiger partial charge in [-0.2, -0.15) is 0 Å². The molecule has 1 aromatic rings. The molecule has 1 heterocycles. The number of rotatable bonds is 8. The summed E-state index contributed by atoms with van der Waals surface area (Å²) in [6.07, 6.45) is 0. The number of likely N-dealkylation sites (N-methyl/N-ethyl adjacent to an activating group) is 1. The second-order valence-electron chi connectivity index (χ2n) is 6.24. The highest BCUT2D eigenvalue weighted by Gasteiger charge is 2.09. The molecule has 1 aromatic carbocycles. The highest BCUT2D eigenvalue weighted by atomic mass is 19.1. The van der Waals surface area contributed by atoms with Crippen molar-refractivity contribution in [2.75, 3.05) is 66.6 Å². The zero-order chi connectivity index (χ0) is 17.9. The topological polar surface area (TPSA) is 52.1 Å². The van der Waals surface area contributed by atoms with Crippen molar-refractivity contribution in [1.82, 2.24) is 20.4 Å². The van der Waals surface area contributed by atoms with E-state index in [0.29, 0.717) is 0 Å². The summed E-state index contributed by atoms with van der Waals surface area (Å²) in [5.41, 5.74) is 1.11. The third kappa shape index (κ3) is 7.81. The molecule has 0 saturated carbocycles. The normalized spacial score (nSPS) is 16.2. The number of nitrogens with one attached hydrogen (secondary N) is 2. The van der Waals surface area contributed by atoms with Crippen molar-refractivity contribution in [3.05, 3.63) is 35.6 Å². The van der Waals surface area contributed by atoms with Gasteiger partial charge in [0.2, 0.25) is 0 Å². The zero-order valence-corrected chi connectivity index (χ0v) is 15.3. The first-order valence-corrected chi connectivity index (χ1v) is 8.85. The maximum absolute atomic E-state index is 12.9. The molecule has 6 nitrogen and oxygen atoms in total. The van der Waals surface area contributed by atoms with Crippen molar-refractivity contribution in [2.24, 2.45) is 4.99 Å². The van der Waals surface area contributed by atoms with E-state index in [-0.39, 0.29) is 5.82 Å². The van der Waals surface area contributed by atoms with Crippen LogP contribution in [0.25, 0.3) is 0 Å². The minimum atomic E-state index is -0.194. The van der Waals surface area contributed by atoms with E-state index in [1.807, 2.05) is 12.1 Å². The summed E-state index contributed by atoms with van der Waals surface area (Å²) in [5, 5.41) is 6.67. The molecule has 2 rings (SSSR count). The number of hydrogen-bond donors (Lipinski definition) is 2. The van der Waals surface area contributed by atoms with Crippen LogP contribution in [0, 0.1) is 5.82 Å². The number of benzene rings is 1. The van der Waals surface area contributed by atoms with Gasteiger partial charge in [-0.15, -0.1) is 0 Å². The minimum Gasteiger partial charge on any atom is -0.379 e. The van der Waals surface area contributed by atoms with Gasteiger partial charge in [0.15, 0.2) is 5.96 Å². The van der Waals surface area contributed by atoms with Crippen LogP contribution < -0.4 is 10.6 Å². The van der Waals surface area contributed by atoms with Crippen molar-refractivity contribution in [1.29, 1.82) is 0 Å². The predicted molar refractivity (Wildman–Crippen MR) is 99.4 cm³/mol. The lowest BCUT2D eigenvalue weighted by atomic mass is 10.2. The smallest absolute Gasteiger partial charge is 0.191 e. The molecule has 0 unspecified atom stereocenters. The molecule has 2 N–H and O–H groups in total. The molecule has 0 atom stereocenters. The first-order chi connectivity index (χ1) is 12.2. The SMILES string of the molecule is CN=C(NCCN(C)Cc1ccc(F)cc1)NCCN1CCOCC1. The van der Waals surface area contributed by atoms with Gasteiger partial charge >= 0.3 is 0 Å². The number of morpholine rings is 1. The largest absolute Gasteiger partial charge is 0.379 e. The van der Waals surface area contributed by atoms with E-state index in [1.54, 1.807) is 7.05 Å². The van der Waals surface area contributed by atoms with E-state index in [9.17, 15) is 4.39 Å². The van der Waals surface area contributed by atoms with Crippen LogP contribution in [0.2, 0.25) is 0 Å². The van der Waals surface area contributed by atoms with Crippen LogP contribution in [-0.4, -0.2) is 82.3 Å². The minimum absolute atomic E-state index is 0.194. The molecule has 0 bridgehead atoms. The van der Waals surface area contributed by atoms with Gasteiger partial charge < -0.3 is 20.3 Å². The van der Waals surface area contributed by atoms with Gasteiger partial charge in [-0.05, 0) is 24.7 Å². The summed E-state index contributed by atoms with van der Waals surface area (Å²) in [6, 6.07) is 6.65. The van der Waals surface area contributed by atoms with Crippen LogP contribution >= 0.6 is 0 Å². The quantitative estimate of drug-likeness (QED) is 0.535. The van der Waals surface area contributed by atoms with Crippen LogP contribution in [0.1, 0.15) is 5.56 Å². The number of hydrogen-bond acceptors (Lipinski definition) is 4. The lowest BCUT2D eigenvalue weighted by Crippen LogP contribution is -2.45. The van der Waals surface area contributed by atoms with E-state index in [0.717, 1.165) is 70.6 Å². The molecule has 1 saturated heterocycles. The summed E-state index contributed by atoms with van der Waals surface area (Å²) < 4.78 is 18.3. The molecule has 1 aliphatic heterocycles. The summed E-state index contributed by atoms with van der Waals surface area (Å²) in [4.78, 5) is 8.84. The Kier molecular flexibility index (Phi) is 8.65. The monoisotopic (exact) mass is 351 g/mol. The van der Waals surface area contributed by atoms with E-state index in [1.165, 1.54) is 12.1 Å². The molecule has 0 radical (unpaired) electrons. The molecular weight excluding hydrogens is 321 g/mol.